The first kappa shape index (κ1) is 20.2. The number of nitrogens with zero attached hydrogens (tertiary/aromatic N) is 4. The number of carbonyl (C=O) groups is 1. The molecule has 3 N–H and O–H groups in total. The smallest absolute Gasteiger partial charge is 0.356 e. The Morgan fingerprint density at radius 3 is 2.96 bits per heavy atom. The predicted molar refractivity (Wildman–Crippen MR) is 91.9 cm³/mol. The molecule has 144 valence electrons. The summed E-state index contributed by atoms with van der Waals surface area (Å²) in [5, 5.41) is 0. The lowest BCUT2D eigenvalue weighted by molar-refractivity contribution is -0.150. The van der Waals surface area contributed by atoms with Crippen LogP contribution >= 0.6 is 7.60 Å². The van der Waals surface area contributed by atoms with Crippen molar-refractivity contribution in [3.8, 4) is 0 Å². The van der Waals surface area contributed by atoms with Gasteiger partial charge in [-0.3, -0.25) is 13.9 Å². The molecule has 2 heterocycles. The first-order valence-corrected chi connectivity index (χ1v) is 9.80. The Labute approximate surface area is 150 Å². The molecule has 0 aliphatic carbocycles. The van der Waals surface area contributed by atoms with Crippen LogP contribution < -0.4 is 5.73 Å². The topological polar surface area (TPSA) is 152 Å². The van der Waals surface area contributed by atoms with Crippen molar-refractivity contribution in [3.63, 3.8) is 0 Å². The van der Waals surface area contributed by atoms with Gasteiger partial charge in [0.15, 0.2) is 11.5 Å². The minimum absolute atomic E-state index is 0.125. The number of hydrogen-bond acceptors (Lipinski definition) is 9. The molecule has 2 aromatic heterocycles. The molecule has 0 fully saturated rings. The van der Waals surface area contributed by atoms with Gasteiger partial charge in [-0.05, 0) is 6.42 Å². The van der Waals surface area contributed by atoms with E-state index in [-0.39, 0.29) is 18.8 Å². The summed E-state index contributed by atoms with van der Waals surface area (Å²) in [5.41, 5.74) is 6.72. The molecule has 2 aromatic rings. The number of anilines is 1. The van der Waals surface area contributed by atoms with Gasteiger partial charge in [0, 0.05) is 13.0 Å². The molecule has 0 bridgehead atoms. The molecular formula is C14H22N5O6P. The van der Waals surface area contributed by atoms with E-state index < -0.39 is 26.7 Å². The summed E-state index contributed by atoms with van der Waals surface area (Å²) in [6, 6.07) is 0. The first-order chi connectivity index (χ1) is 12.4. The number of aromatic nitrogens is 4. The van der Waals surface area contributed by atoms with E-state index >= 15 is 0 Å². The molecule has 0 aromatic carbocycles. The van der Waals surface area contributed by atoms with Gasteiger partial charge in [-0.15, -0.1) is 0 Å². The highest BCUT2D eigenvalue weighted by Crippen LogP contribution is 2.41. The van der Waals surface area contributed by atoms with Crippen LogP contribution in [0.1, 0.15) is 26.2 Å². The third-order valence-corrected chi connectivity index (χ3v) is 4.39. The molecule has 0 amide bonds. The lowest BCUT2D eigenvalue weighted by Gasteiger charge is -2.13. The zero-order valence-corrected chi connectivity index (χ0v) is 15.3. The lowest BCUT2D eigenvalue weighted by Crippen LogP contribution is -2.10. The van der Waals surface area contributed by atoms with Crippen molar-refractivity contribution in [2.24, 2.45) is 0 Å². The monoisotopic (exact) mass is 387 g/mol. The fourth-order valence-electron chi connectivity index (χ4n) is 2.01. The van der Waals surface area contributed by atoms with Crippen LogP contribution in [0.5, 0.6) is 0 Å². The second-order valence-corrected chi connectivity index (χ2v) is 7.20. The minimum atomic E-state index is -4.01. The average molecular weight is 387 g/mol. The number of imidazole rings is 1. The van der Waals surface area contributed by atoms with Crippen molar-refractivity contribution in [2.75, 3.05) is 25.5 Å². The van der Waals surface area contributed by atoms with Crippen LogP contribution in [0.2, 0.25) is 0 Å². The molecule has 2 rings (SSSR count). The van der Waals surface area contributed by atoms with Crippen molar-refractivity contribution >= 4 is 30.5 Å². The second kappa shape index (κ2) is 9.58. The third-order valence-electron chi connectivity index (χ3n) is 3.37. The van der Waals surface area contributed by atoms with Crippen LogP contribution in [-0.4, -0.2) is 50.1 Å². The standard InChI is InChI=1S/C14H22N5O6P/c1-2-3-4-11(20)24-9-25-26(21,22)10-23-6-5-19-8-18-12-13(15)16-7-17-14(12)19/h7-8H,2-6,9-10H2,1H3,(H,21,22)(H2,15,16,17). The van der Waals surface area contributed by atoms with Gasteiger partial charge in [0.25, 0.3) is 0 Å². The highest BCUT2D eigenvalue weighted by Gasteiger charge is 2.20. The summed E-state index contributed by atoms with van der Waals surface area (Å²) in [6.07, 6.45) is 4.13. The van der Waals surface area contributed by atoms with E-state index in [1.807, 2.05) is 6.92 Å². The molecule has 0 aliphatic rings. The molecular weight excluding hydrogens is 365 g/mol. The van der Waals surface area contributed by atoms with E-state index in [0.29, 0.717) is 24.1 Å². The van der Waals surface area contributed by atoms with Crippen LogP contribution in [0, 0.1) is 0 Å². The van der Waals surface area contributed by atoms with Crippen LogP contribution in [-0.2, 0) is 29.9 Å². The zero-order valence-electron chi connectivity index (χ0n) is 14.4. The normalized spacial score (nSPS) is 13.6. The Morgan fingerprint density at radius 1 is 1.38 bits per heavy atom. The first-order valence-electron chi connectivity index (χ1n) is 8.04. The Kier molecular flexibility index (Phi) is 7.46. The Morgan fingerprint density at radius 2 is 2.19 bits per heavy atom. The number of fused-ring (bicyclic) bond motifs is 1. The molecule has 0 saturated heterocycles. The fraction of sp³-hybridized carbons (Fsp3) is 0.571. The fourth-order valence-corrected chi connectivity index (χ4v) is 2.66. The number of carbonyl (C=O) groups excluding carboxylic acids is 1. The van der Waals surface area contributed by atoms with E-state index in [2.05, 4.69) is 15.0 Å². The molecule has 1 atom stereocenters. The van der Waals surface area contributed by atoms with E-state index in [9.17, 15) is 14.3 Å². The number of unbranched alkanes of at least 4 members (excludes halogenated alkanes) is 1. The summed E-state index contributed by atoms with van der Waals surface area (Å²) < 4.78 is 28.1. The molecule has 0 spiro atoms. The van der Waals surface area contributed by atoms with E-state index in [4.69, 9.17) is 19.7 Å². The van der Waals surface area contributed by atoms with E-state index in [1.54, 1.807) is 4.57 Å². The molecule has 0 aliphatic heterocycles. The van der Waals surface area contributed by atoms with Crippen LogP contribution in [0.4, 0.5) is 5.82 Å². The largest absolute Gasteiger partial charge is 0.438 e. The molecule has 0 radical (unpaired) electrons. The number of ether oxygens (including phenoxy) is 2. The summed E-state index contributed by atoms with van der Waals surface area (Å²) in [5.74, 6) is -0.197. The highest BCUT2D eigenvalue weighted by molar-refractivity contribution is 7.52. The highest BCUT2D eigenvalue weighted by atomic mass is 31.2. The lowest BCUT2D eigenvalue weighted by atomic mass is 10.3. The maximum Gasteiger partial charge on any atom is 0.356 e. The predicted octanol–water partition coefficient (Wildman–Crippen LogP) is 1.28. The van der Waals surface area contributed by atoms with Crippen LogP contribution in [0.25, 0.3) is 11.2 Å². The van der Waals surface area contributed by atoms with Crippen molar-refractivity contribution in [1.82, 2.24) is 19.5 Å². The average Bonchev–Trinajstić information content (AvgIpc) is 3.01. The van der Waals surface area contributed by atoms with Gasteiger partial charge in [0.2, 0.25) is 6.79 Å². The van der Waals surface area contributed by atoms with Gasteiger partial charge in [-0.1, -0.05) is 13.3 Å². The third kappa shape index (κ3) is 6.03. The Hall–Kier alpha value is -2.07. The van der Waals surface area contributed by atoms with Crippen molar-refractivity contribution in [3.05, 3.63) is 12.7 Å². The van der Waals surface area contributed by atoms with Gasteiger partial charge in [-0.2, -0.15) is 0 Å². The van der Waals surface area contributed by atoms with Gasteiger partial charge in [0.05, 0.1) is 12.9 Å². The summed E-state index contributed by atoms with van der Waals surface area (Å²) in [4.78, 5) is 32.9. The van der Waals surface area contributed by atoms with Crippen molar-refractivity contribution < 1.29 is 28.3 Å². The molecule has 11 nitrogen and oxygen atoms in total. The molecule has 1 unspecified atom stereocenters. The zero-order chi connectivity index (χ0) is 19.0. The second-order valence-electron chi connectivity index (χ2n) is 5.41. The number of hydrogen-bond donors (Lipinski definition) is 2. The van der Waals surface area contributed by atoms with Gasteiger partial charge in [-0.25, -0.2) is 15.0 Å². The Balaban J connectivity index is 1.70. The number of nitrogen functional groups attached to an aromatic ring is 1. The number of esters is 1. The molecule has 26 heavy (non-hydrogen) atoms. The van der Waals surface area contributed by atoms with Gasteiger partial charge >= 0.3 is 13.6 Å². The SMILES string of the molecule is CCCCC(=O)OCOP(=O)(O)COCCn1cnc2c(N)ncnc21. The maximum absolute atomic E-state index is 11.8. The summed E-state index contributed by atoms with van der Waals surface area (Å²) in [6.45, 7) is 1.83. The quantitative estimate of drug-likeness (QED) is 0.249. The van der Waals surface area contributed by atoms with Crippen LogP contribution in [0.15, 0.2) is 12.7 Å². The van der Waals surface area contributed by atoms with Gasteiger partial charge < -0.3 is 24.7 Å². The van der Waals surface area contributed by atoms with Crippen LogP contribution in [0.3, 0.4) is 0 Å². The van der Waals surface area contributed by atoms with Crippen molar-refractivity contribution in [1.29, 1.82) is 0 Å². The van der Waals surface area contributed by atoms with E-state index in [0.717, 1.165) is 6.42 Å². The summed E-state index contributed by atoms with van der Waals surface area (Å²) in [7, 11) is -4.01. The summed E-state index contributed by atoms with van der Waals surface area (Å²) >= 11 is 0. The Bertz CT molecular complexity index is 782. The number of nitrogens with two attached hydrogens (primary N) is 1. The molecule has 0 saturated carbocycles. The molecule has 12 heteroatoms. The van der Waals surface area contributed by atoms with E-state index in [1.165, 1.54) is 12.7 Å². The minimum Gasteiger partial charge on any atom is -0.438 e. The number of rotatable bonds is 11. The van der Waals surface area contributed by atoms with Gasteiger partial charge in [0.1, 0.15) is 18.2 Å². The maximum atomic E-state index is 11.8. The van der Waals surface area contributed by atoms with Crippen molar-refractivity contribution in [2.45, 2.75) is 32.7 Å².